The summed E-state index contributed by atoms with van der Waals surface area (Å²) in [5.41, 5.74) is -0.872. The number of carboxylic acid groups (broad SMARTS) is 1. The lowest BCUT2D eigenvalue weighted by molar-refractivity contribution is -0.142. The van der Waals surface area contributed by atoms with Crippen molar-refractivity contribution in [2.45, 2.75) is 51.3 Å². The molecular weight excluding hydrogens is 274 g/mol. The molecular formula is C15H23NO5. The number of carboxylic acids is 1. The molecule has 0 aromatic rings. The number of hydrogen-bond donors (Lipinski definition) is 1. The van der Waals surface area contributed by atoms with Crippen molar-refractivity contribution in [1.82, 2.24) is 4.90 Å². The number of amides is 1. The average molecular weight is 297 g/mol. The SMILES string of the molecule is C=CCOCC12CC(C(=O)O)N(C(=O)OC(C)(C)C)C1C2. The highest BCUT2D eigenvalue weighted by Gasteiger charge is 2.68. The van der Waals surface area contributed by atoms with Crippen molar-refractivity contribution in [3.05, 3.63) is 12.7 Å². The van der Waals surface area contributed by atoms with Crippen molar-refractivity contribution in [3.63, 3.8) is 0 Å². The molecule has 2 fully saturated rings. The maximum atomic E-state index is 12.3. The summed E-state index contributed by atoms with van der Waals surface area (Å²) in [6, 6.07) is -0.927. The standard InChI is InChI=1S/C15H23NO5/c1-5-6-20-9-15-7-10(12(17)18)16(11(15)8-15)13(19)21-14(2,3)4/h5,10-11H,1,6-9H2,2-4H3,(H,17,18). The second kappa shape index (κ2) is 5.33. The van der Waals surface area contributed by atoms with Crippen molar-refractivity contribution in [2.75, 3.05) is 13.2 Å². The quantitative estimate of drug-likeness (QED) is 0.621. The zero-order valence-electron chi connectivity index (χ0n) is 12.8. The predicted octanol–water partition coefficient (Wildman–Crippen LogP) is 2.04. The Hall–Kier alpha value is -1.56. The summed E-state index contributed by atoms with van der Waals surface area (Å²) in [6.07, 6.45) is 2.29. The molecule has 0 radical (unpaired) electrons. The van der Waals surface area contributed by atoms with E-state index < -0.39 is 23.7 Å². The number of fused-ring (bicyclic) bond motifs is 1. The Bertz CT molecular complexity index is 455. The van der Waals surface area contributed by atoms with Crippen LogP contribution >= 0.6 is 0 Å². The zero-order chi connectivity index (χ0) is 15.8. The van der Waals surface area contributed by atoms with Gasteiger partial charge in [0.05, 0.1) is 13.2 Å². The minimum atomic E-state index is -0.990. The van der Waals surface area contributed by atoms with Gasteiger partial charge in [0.15, 0.2) is 0 Å². The monoisotopic (exact) mass is 297 g/mol. The van der Waals surface area contributed by atoms with Crippen LogP contribution in [0.1, 0.15) is 33.6 Å². The summed E-state index contributed by atoms with van der Waals surface area (Å²) in [5, 5.41) is 9.35. The van der Waals surface area contributed by atoms with Gasteiger partial charge in [-0.15, -0.1) is 6.58 Å². The molecule has 0 aromatic carbocycles. The van der Waals surface area contributed by atoms with E-state index in [-0.39, 0.29) is 11.5 Å². The fraction of sp³-hybridized carbons (Fsp3) is 0.733. The molecule has 0 bridgehead atoms. The smallest absolute Gasteiger partial charge is 0.411 e. The summed E-state index contributed by atoms with van der Waals surface area (Å²) < 4.78 is 10.8. The first kappa shape index (κ1) is 15.8. The van der Waals surface area contributed by atoms with Gasteiger partial charge in [0.25, 0.3) is 0 Å². The Morgan fingerprint density at radius 2 is 2.10 bits per heavy atom. The highest BCUT2D eigenvalue weighted by molar-refractivity contribution is 5.82. The van der Waals surface area contributed by atoms with Gasteiger partial charge >= 0.3 is 12.1 Å². The zero-order valence-corrected chi connectivity index (χ0v) is 12.8. The lowest BCUT2D eigenvalue weighted by atomic mass is 10.0. The Balaban J connectivity index is 2.08. The minimum absolute atomic E-state index is 0.0988. The van der Waals surface area contributed by atoms with Gasteiger partial charge in [-0.1, -0.05) is 6.08 Å². The predicted molar refractivity (Wildman–Crippen MR) is 76.0 cm³/mol. The van der Waals surface area contributed by atoms with Crippen LogP contribution in [0, 0.1) is 5.41 Å². The van der Waals surface area contributed by atoms with Crippen molar-refractivity contribution < 1.29 is 24.2 Å². The van der Waals surface area contributed by atoms with Gasteiger partial charge in [-0.2, -0.15) is 0 Å². The molecule has 21 heavy (non-hydrogen) atoms. The topological polar surface area (TPSA) is 76.1 Å². The number of nitrogens with zero attached hydrogens (tertiary/aromatic N) is 1. The first-order valence-corrected chi connectivity index (χ1v) is 7.13. The molecule has 1 saturated carbocycles. The van der Waals surface area contributed by atoms with Crippen LogP contribution in [-0.4, -0.2) is 53.0 Å². The first-order valence-electron chi connectivity index (χ1n) is 7.13. The molecule has 1 aliphatic carbocycles. The van der Waals surface area contributed by atoms with E-state index in [0.717, 1.165) is 6.42 Å². The number of likely N-dealkylation sites (tertiary alicyclic amines) is 1. The largest absolute Gasteiger partial charge is 0.480 e. The normalized spacial score (nSPS) is 30.7. The molecule has 3 atom stereocenters. The van der Waals surface area contributed by atoms with Gasteiger partial charge < -0.3 is 14.6 Å². The molecule has 1 N–H and O–H groups in total. The van der Waals surface area contributed by atoms with E-state index >= 15 is 0 Å². The third-order valence-electron chi connectivity index (χ3n) is 3.93. The molecule has 118 valence electrons. The fourth-order valence-electron chi connectivity index (χ4n) is 2.97. The van der Waals surface area contributed by atoms with Crippen LogP contribution in [-0.2, 0) is 14.3 Å². The Labute approximate surface area is 124 Å². The van der Waals surface area contributed by atoms with Crippen LogP contribution in [0.25, 0.3) is 0 Å². The highest BCUT2D eigenvalue weighted by atomic mass is 16.6. The number of aliphatic carboxylic acids is 1. The summed E-state index contributed by atoms with van der Waals surface area (Å²) in [6.45, 7) is 9.77. The molecule has 2 rings (SSSR count). The number of carbonyl (C=O) groups excluding carboxylic acids is 1. The Kier molecular flexibility index (Phi) is 4.02. The molecule has 2 aliphatic rings. The van der Waals surface area contributed by atoms with E-state index in [0.29, 0.717) is 19.6 Å². The van der Waals surface area contributed by atoms with Gasteiger partial charge in [-0.3, -0.25) is 4.90 Å². The molecule has 6 heteroatoms. The summed E-state index contributed by atoms with van der Waals surface area (Å²) in [7, 11) is 0. The van der Waals surface area contributed by atoms with Crippen LogP contribution in [0.4, 0.5) is 4.79 Å². The van der Waals surface area contributed by atoms with E-state index in [1.54, 1.807) is 26.8 Å². The number of ether oxygens (including phenoxy) is 2. The summed E-state index contributed by atoms with van der Waals surface area (Å²) in [4.78, 5) is 25.1. The van der Waals surface area contributed by atoms with Gasteiger partial charge in [-0.05, 0) is 33.6 Å². The van der Waals surface area contributed by atoms with E-state index in [1.165, 1.54) is 4.90 Å². The van der Waals surface area contributed by atoms with Gasteiger partial charge in [0.2, 0.25) is 0 Å². The Morgan fingerprint density at radius 3 is 2.62 bits per heavy atom. The van der Waals surface area contributed by atoms with E-state index in [4.69, 9.17) is 9.47 Å². The summed E-state index contributed by atoms with van der Waals surface area (Å²) in [5.74, 6) is -0.990. The minimum Gasteiger partial charge on any atom is -0.480 e. The lowest BCUT2D eigenvalue weighted by Gasteiger charge is -2.28. The van der Waals surface area contributed by atoms with Crippen LogP contribution in [0.5, 0.6) is 0 Å². The molecule has 0 aromatic heterocycles. The molecule has 1 amide bonds. The van der Waals surface area contributed by atoms with Crippen molar-refractivity contribution in [3.8, 4) is 0 Å². The maximum absolute atomic E-state index is 12.3. The van der Waals surface area contributed by atoms with Gasteiger partial charge in [0.1, 0.15) is 11.6 Å². The Morgan fingerprint density at radius 1 is 1.43 bits per heavy atom. The number of rotatable bonds is 5. The van der Waals surface area contributed by atoms with E-state index in [2.05, 4.69) is 6.58 Å². The van der Waals surface area contributed by atoms with Crippen molar-refractivity contribution in [2.24, 2.45) is 5.41 Å². The molecule has 1 aliphatic heterocycles. The van der Waals surface area contributed by atoms with Crippen LogP contribution in [0.15, 0.2) is 12.7 Å². The second-order valence-corrected chi connectivity index (χ2v) is 6.83. The van der Waals surface area contributed by atoms with Gasteiger partial charge in [-0.25, -0.2) is 9.59 Å². The van der Waals surface area contributed by atoms with Crippen LogP contribution in [0.3, 0.4) is 0 Å². The fourth-order valence-corrected chi connectivity index (χ4v) is 2.97. The third kappa shape index (κ3) is 3.20. The number of carbonyl (C=O) groups is 2. The van der Waals surface area contributed by atoms with Gasteiger partial charge in [0, 0.05) is 11.5 Å². The molecule has 1 heterocycles. The summed E-state index contributed by atoms with van der Waals surface area (Å²) >= 11 is 0. The van der Waals surface area contributed by atoms with Crippen LogP contribution in [0.2, 0.25) is 0 Å². The third-order valence-corrected chi connectivity index (χ3v) is 3.93. The maximum Gasteiger partial charge on any atom is 0.411 e. The first-order chi connectivity index (χ1) is 9.70. The second-order valence-electron chi connectivity index (χ2n) is 6.83. The highest BCUT2D eigenvalue weighted by Crippen LogP contribution is 2.59. The molecule has 6 nitrogen and oxygen atoms in total. The van der Waals surface area contributed by atoms with Crippen LogP contribution < -0.4 is 0 Å². The van der Waals surface area contributed by atoms with E-state index in [9.17, 15) is 14.7 Å². The lowest BCUT2D eigenvalue weighted by Crippen LogP contribution is -2.45. The van der Waals surface area contributed by atoms with E-state index in [1.807, 2.05) is 0 Å². The van der Waals surface area contributed by atoms with Crippen molar-refractivity contribution in [1.29, 1.82) is 0 Å². The molecule has 1 saturated heterocycles. The number of piperidine rings is 1. The average Bonchev–Trinajstić information content (AvgIpc) is 2.92. The molecule has 3 unspecified atom stereocenters. The number of hydrogen-bond acceptors (Lipinski definition) is 4. The molecule has 0 spiro atoms. The van der Waals surface area contributed by atoms with Crippen molar-refractivity contribution >= 4 is 12.1 Å².